The Balaban J connectivity index is 1.68. The summed E-state index contributed by atoms with van der Waals surface area (Å²) in [6.45, 7) is 8.28. The third-order valence-electron chi connectivity index (χ3n) is 10.1. The number of phenolic OH excluding ortho intramolecular Hbond substituents is 1. The number of likely N-dealkylation sites (N-methyl/N-ethyl adjacent to an activating group) is 1. The molecule has 2 aromatic rings. The Bertz CT molecular complexity index is 1640. The quantitative estimate of drug-likeness (QED) is 0.0433. The number of nitrogens with zero attached hydrogens (tertiary/aromatic N) is 3. The number of nitrogens with one attached hydrogen (secondary N) is 4. The van der Waals surface area contributed by atoms with Gasteiger partial charge in [-0.3, -0.25) is 34.3 Å². The second kappa shape index (κ2) is 25.2. The van der Waals surface area contributed by atoms with Crippen molar-refractivity contribution >= 4 is 59.7 Å². The van der Waals surface area contributed by atoms with Gasteiger partial charge in [-0.25, -0.2) is 15.2 Å². The van der Waals surface area contributed by atoms with Gasteiger partial charge in [-0.15, -0.1) is 11.3 Å². The number of aromatic hydroxyl groups is 1. The van der Waals surface area contributed by atoms with E-state index in [0.29, 0.717) is 42.9 Å². The highest BCUT2D eigenvalue weighted by atomic mass is 32.1. The number of amides is 5. The molecule has 1 saturated heterocycles. The Kier molecular flexibility index (Phi) is 20.8. The first-order valence-electron chi connectivity index (χ1n) is 20.1. The molecule has 5 unspecified atom stereocenters. The van der Waals surface area contributed by atoms with Gasteiger partial charge in [-0.2, -0.15) is 12.6 Å². The first-order valence-corrected chi connectivity index (χ1v) is 21.6. The van der Waals surface area contributed by atoms with Crippen molar-refractivity contribution in [3.05, 3.63) is 45.9 Å². The summed E-state index contributed by atoms with van der Waals surface area (Å²) in [7, 11) is 1.92. The summed E-state index contributed by atoms with van der Waals surface area (Å²) in [5.41, 5.74) is 5.54. The fraction of sp³-hybridized carbons (Fsp3) is 0.625. The number of thiol groups is 1. The van der Waals surface area contributed by atoms with Gasteiger partial charge in [0.15, 0.2) is 6.73 Å². The van der Waals surface area contributed by atoms with Crippen LogP contribution in [0.2, 0.25) is 0 Å². The molecule has 1 fully saturated rings. The van der Waals surface area contributed by atoms with Gasteiger partial charge in [0.05, 0.1) is 11.0 Å². The number of aromatic nitrogens is 1. The standard InChI is InChI=1S/C40H61N7O9S2/c1-6-11-34(49)56-25-47(39(53)35(26(3)7-2)43-38(52)32-12-8-9-18-46(32)5)19-10-13-33-42-31(24-58-33)37(51)41-29(23-28-14-16-30(48)17-15-28)22-27(4)36(50)44-45-40(54)55-20-21-57/h14-17,24,26-27,29,32,35,48,57H,6-13,18-23,25H2,1-5H3,(H,41,51)(H,43,52)(H,44,50)(H,45,54). The molecule has 0 radical (unpaired) electrons. The van der Waals surface area contributed by atoms with Gasteiger partial charge < -0.3 is 30.1 Å². The maximum Gasteiger partial charge on any atom is 0.426 e. The first-order chi connectivity index (χ1) is 27.8. The Morgan fingerprint density at radius 3 is 2.47 bits per heavy atom. The lowest BCUT2D eigenvalue weighted by Crippen LogP contribution is -2.57. The number of hydrazine groups is 1. The van der Waals surface area contributed by atoms with Gasteiger partial charge in [0.1, 0.15) is 24.1 Å². The maximum absolute atomic E-state index is 14.1. The molecule has 18 heteroatoms. The molecule has 5 N–H and O–H groups in total. The van der Waals surface area contributed by atoms with E-state index in [1.165, 1.54) is 28.4 Å². The minimum Gasteiger partial charge on any atom is -0.508 e. The maximum atomic E-state index is 14.1. The van der Waals surface area contributed by atoms with Gasteiger partial charge in [0.25, 0.3) is 5.91 Å². The molecule has 5 atom stereocenters. The van der Waals surface area contributed by atoms with Gasteiger partial charge >= 0.3 is 12.1 Å². The largest absolute Gasteiger partial charge is 0.508 e. The summed E-state index contributed by atoms with van der Waals surface area (Å²) in [6.07, 6.45) is 4.78. The van der Waals surface area contributed by atoms with Crippen LogP contribution in [0.3, 0.4) is 0 Å². The van der Waals surface area contributed by atoms with E-state index in [-0.39, 0.29) is 67.9 Å². The third-order valence-corrected chi connectivity index (χ3v) is 11.1. The highest BCUT2D eigenvalue weighted by Crippen LogP contribution is 2.20. The molecule has 5 amide bonds. The van der Waals surface area contributed by atoms with Crippen LogP contribution in [0, 0.1) is 11.8 Å². The van der Waals surface area contributed by atoms with Crippen molar-refractivity contribution in [2.24, 2.45) is 11.8 Å². The number of esters is 1. The molecular formula is C40H61N7O9S2. The molecule has 0 aliphatic carbocycles. The molecule has 0 saturated carbocycles. The fourth-order valence-corrected chi connectivity index (χ4v) is 7.38. The lowest BCUT2D eigenvalue weighted by molar-refractivity contribution is -0.155. The van der Waals surface area contributed by atoms with E-state index in [9.17, 15) is 33.9 Å². The molecule has 16 nitrogen and oxygen atoms in total. The van der Waals surface area contributed by atoms with Crippen LogP contribution in [-0.4, -0.2) is 113 Å². The number of phenols is 1. The molecule has 0 spiro atoms. The van der Waals surface area contributed by atoms with E-state index >= 15 is 0 Å². The number of likely N-dealkylation sites (tertiary alicyclic amines) is 1. The molecule has 1 aromatic heterocycles. The van der Waals surface area contributed by atoms with Gasteiger partial charge in [0, 0.05) is 42.5 Å². The number of hydrogen-bond donors (Lipinski definition) is 6. The molecule has 2 heterocycles. The number of carbonyl (C=O) groups is 6. The highest BCUT2D eigenvalue weighted by Gasteiger charge is 2.34. The second-order valence-electron chi connectivity index (χ2n) is 14.7. The number of benzene rings is 1. The zero-order valence-electron chi connectivity index (χ0n) is 34.3. The predicted molar refractivity (Wildman–Crippen MR) is 223 cm³/mol. The van der Waals surface area contributed by atoms with Crippen LogP contribution >= 0.6 is 24.0 Å². The third kappa shape index (κ3) is 16.1. The average molecular weight is 848 g/mol. The number of thiazole rings is 1. The van der Waals surface area contributed by atoms with Crippen LogP contribution in [0.4, 0.5) is 4.79 Å². The summed E-state index contributed by atoms with van der Waals surface area (Å²) in [4.78, 5) is 86.0. The minimum atomic E-state index is -0.820. The summed E-state index contributed by atoms with van der Waals surface area (Å²) in [5, 5.41) is 18.1. The van der Waals surface area contributed by atoms with Crippen LogP contribution in [0.25, 0.3) is 0 Å². The fourth-order valence-electron chi connectivity index (χ4n) is 6.46. The van der Waals surface area contributed by atoms with E-state index in [1.54, 1.807) is 24.4 Å². The van der Waals surface area contributed by atoms with E-state index in [4.69, 9.17) is 9.47 Å². The van der Waals surface area contributed by atoms with E-state index < -0.39 is 41.9 Å². The number of aryl methyl sites for hydroxylation is 1. The smallest absolute Gasteiger partial charge is 0.426 e. The number of ether oxygens (including phenoxy) is 2. The molecule has 3 rings (SSSR count). The zero-order valence-corrected chi connectivity index (χ0v) is 36.0. The Morgan fingerprint density at radius 2 is 1.79 bits per heavy atom. The van der Waals surface area contributed by atoms with Crippen molar-refractivity contribution in [3.8, 4) is 5.75 Å². The van der Waals surface area contributed by atoms with E-state index in [2.05, 4.69) is 39.1 Å². The van der Waals surface area contributed by atoms with Crippen LogP contribution < -0.4 is 21.5 Å². The number of carbonyl (C=O) groups excluding carboxylic acids is 6. The van der Waals surface area contributed by atoms with Crippen LogP contribution in [-0.2, 0) is 41.5 Å². The highest BCUT2D eigenvalue weighted by molar-refractivity contribution is 7.80. The summed E-state index contributed by atoms with van der Waals surface area (Å²) >= 11 is 5.27. The molecule has 1 aliphatic heterocycles. The van der Waals surface area contributed by atoms with Crippen molar-refractivity contribution in [1.29, 1.82) is 0 Å². The normalized spacial score (nSPS) is 16.2. The molecule has 322 valence electrons. The van der Waals surface area contributed by atoms with E-state index in [0.717, 1.165) is 31.4 Å². The Morgan fingerprint density at radius 1 is 1.05 bits per heavy atom. The lowest BCUT2D eigenvalue weighted by Gasteiger charge is -2.35. The van der Waals surface area contributed by atoms with Crippen molar-refractivity contribution in [1.82, 2.24) is 36.3 Å². The molecular weight excluding hydrogens is 787 g/mol. The average Bonchev–Trinajstić information content (AvgIpc) is 3.69. The Labute approximate surface area is 350 Å². The first kappa shape index (κ1) is 48.0. The molecule has 0 bridgehead atoms. The summed E-state index contributed by atoms with van der Waals surface area (Å²) < 4.78 is 10.3. The van der Waals surface area contributed by atoms with Crippen molar-refractivity contribution in [2.75, 3.05) is 39.2 Å². The van der Waals surface area contributed by atoms with Crippen molar-refractivity contribution in [3.63, 3.8) is 0 Å². The van der Waals surface area contributed by atoms with Gasteiger partial charge in [-0.05, 0) is 75.7 Å². The monoisotopic (exact) mass is 847 g/mol. The molecule has 58 heavy (non-hydrogen) atoms. The van der Waals surface area contributed by atoms with Crippen molar-refractivity contribution < 1.29 is 43.3 Å². The van der Waals surface area contributed by atoms with E-state index in [1.807, 2.05) is 32.7 Å². The summed E-state index contributed by atoms with van der Waals surface area (Å²) in [5.74, 6) is -2.22. The predicted octanol–water partition coefficient (Wildman–Crippen LogP) is 3.98. The molecule has 1 aromatic carbocycles. The van der Waals surface area contributed by atoms with Gasteiger partial charge in [-0.1, -0.05) is 52.7 Å². The number of piperidine rings is 1. The van der Waals surface area contributed by atoms with Gasteiger partial charge in [0.2, 0.25) is 17.7 Å². The zero-order chi connectivity index (χ0) is 42.6. The van der Waals surface area contributed by atoms with Crippen molar-refractivity contribution in [2.45, 2.75) is 110 Å². The number of hydrogen-bond acceptors (Lipinski definition) is 13. The number of rotatable bonds is 22. The topological polar surface area (TPSA) is 209 Å². The van der Waals surface area contributed by atoms with Crippen LogP contribution in [0.5, 0.6) is 5.75 Å². The minimum absolute atomic E-state index is 0.0755. The van der Waals surface area contributed by atoms with Crippen LogP contribution in [0.15, 0.2) is 29.6 Å². The second-order valence-corrected chi connectivity index (χ2v) is 16.1. The lowest BCUT2D eigenvalue weighted by atomic mass is 9.95. The Hall–Kier alpha value is -4.42. The van der Waals surface area contributed by atoms with Crippen LogP contribution in [0.1, 0.15) is 100 Å². The SMILES string of the molecule is CCCC(=O)OCN(CCCc1nc(C(=O)NC(Cc2ccc(O)cc2)CC(C)C(=O)NNC(=O)OCCS)cs1)C(=O)C(NC(=O)C1CCCCN1C)C(C)CC. The molecule has 1 aliphatic rings. The summed E-state index contributed by atoms with van der Waals surface area (Å²) in [6, 6.07) is 4.90.